The molecule has 0 aliphatic carbocycles. The van der Waals surface area contributed by atoms with Gasteiger partial charge in [-0.1, -0.05) is 12.1 Å². The van der Waals surface area contributed by atoms with Gasteiger partial charge in [-0.15, -0.1) is 0 Å². The topological polar surface area (TPSA) is 97.3 Å². The number of amides is 1. The molecule has 4 N–H and O–H groups in total. The Bertz CT molecular complexity index is 692. The number of anilines is 1. The fourth-order valence-electron chi connectivity index (χ4n) is 1.88. The van der Waals surface area contributed by atoms with Crippen LogP contribution in [0.4, 0.5) is 5.69 Å². The number of hydrogen-bond acceptors (Lipinski definition) is 4. The average Bonchev–Trinajstić information content (AvgIpc) is 2.45. The number of phenols is 1. The Morgan fingerprint density at radius 1 is 1.29 bits per heavy atom. The molecule has 2 aromatic rings. The summed E-state index contributed by atoms with van der Waals surface area (Å²) in [5.74, 6) is -0.163. The molecule has 6 heteroatoms. The molecule has 1 amide bonds. The van der Waals surface area contributed by atoms with Gasteiger partial charge in [0.25, 0.3) is 0 Å². The fourth-order valence-corrected chi connectivity index (χ4v) is 1.88. The number of carbonyl (C=O) groups excluding carboxylic acids is 1. The van der Waals surface area contributed by atoms with Crippen LogP contribution in [0.3, 0.4) is 0 Å². The average molecular weight is 287 g/mol. The Morgan fingerprint density at radius 2 is 1.95 bits per heavy atom. The molecule has 6 nitrogen and oxygen atoms in total. The molecule has 0 spiro atoms. The molecule has 0 aliphatic heterocycles. The third-order valence-corrected chi connectivity index (χ3v) is 3.08. The van der Waals surface area contributed by atoms with Gasteiger partial charge in [0.1, 0.15) is 5.75 Å². The maximum absolute atomic E-state index is 12.0. The van der Waals surface area contributed by atoms with Crippen LogP contribution >= 0.6 is 0 Å². The molecule has 0 aliphatic rings. The van der Waals surface area contributed by atoms with Crippen molar-refractivity contribution in [2.45, 2.75) is 12.5 Å². The van der Waals surface area contributed by atoms with Crippen molar-refractivity contribution in [2.75, 3.05) is 5.32 Å². The van der Waals surface area contributed by atoms with Gasteiger partial charge in [0, 0.05) is 19.3 Å². The number of aromatic hydroxyl groups is 1. The van der Waals surface area contributed by atoms with Crippen molar-refractivity contribution in [3.8, 4) is 5.75 Å². The van der Waals surface area contributed by atoms with Gasteiger partial charge in [-0.2, -0.15) is 0 Å². The zero-order valence-corrected chi connectivity index (χ0v) is 11.6. The zero-order chi connectivity index (χ0) is 15.4. The maximum atomic E-state index is 12.0. The molecular formula is C15H17N3O3. The molecular weight excluding hydrogens is 270 g/mol. The monoisotopic (exact) mass is 287 g/mol. The number of nitrogens with two attached hydrogens (primary N) is 1. The van der Waals surface area contributed by atoms with Crippen molar-refractivity contribution >= 4 is 11.6 Å². The molecule has 0 saturated heterocycles. The number of pyridine rings is 1. The van der Waals surface area contributed by atoms with E-state index in [4.69, 9.17) is 5.73 Å². The molecule has 21 heavy (non-hydrogen) atoms. The maximum Gasteiger partial charge on any atom is 0.250 e. The largest absolute Gasteiger partial charge is 0.508 e. The van der Waals surface area contributed by atoms with E-state index in [1.807, 2.05) is 0 Å². The second-order valence-electron chi connectivity index (χ2n) is 4.83. The van der Waals surface area contributed by atoms with Gasteiger partial charge in [-0.05, 0) is 30.2 Å². The second-order valence-corrected chi connectivity index (χ2v) is 4.83. The Labute approximate surface area is 121 Å². The van der Waals surface area contributed by atoms with Gasteiger partial charge in [0.2, 0.25) is 11.5 Å². The summed E-state index contributed by atoms with van der Waals surface area (Å²) in [4.78, 5) is 23.3. The van der Waals surface area contributed by atoms with Gasteiger partial charge in [-0.25, -0.2) is 0 Å². The molecule has 0 radical (unpaired) electrons. The zero-order valence-electron chi connectivity index (χ0n) is 11.6. The van der Waals surface area contributed by atoms with Crippen LogP contribution in [-0.4, -0.2) is 21.6 Å². The first-order valence-corrected chi connectivity index (χ1v) is 6.47. The first-order chi connectivity index (χ1) is 9.95. The molecule has 110 valence electrons. The normalized spacial score (nSPS) is 11.9. The van der Waals surface area contributed by atoms with Crippen LogP contribution in [0.15, 0.2) is 47.4 Å². The lowest BCUT2D eigenvalue weighted by molar-refractivity contribution is -0.117. The van der Waals surface area contributed by atoms with Gasteiger partial charge < -0.3 is 20.7 Å². The molecule has 1 aromatic heterocycles. The van der Waals surface area contributed by atoms with Crippen LogP contribution in [0, 0.1) is 0 Å². The summed E-state index contributed by atoms with van der Waals surface area (Å²) in [6.07, 6.45) is 1.89. The highest BCUT2D eigenvalue weighted by molar-refractivity contribution is 5.94. The molecule has 0 bridgehead atoms. The summed E-state index contributed by atoms with van der Waals surface area (Å²) < 4.78 is 1.38. The van der Waals surface area contributed by atoms with Crippen molar-refractivity contribution in [2.24, 2.45) is 12.8 Å². The molecule has 1 aromatic carbocycles. The summed E-state index contributed by atoms with van der Waals surface area (Å²) in [6.45, 7) is 0. The molecule has 2 rings (SSSR count). The van der Waals surface area contributed by atoms with Gasteiger partial charge in [0.15, 0.2) is 0 Å². The van der Waals surface area contributed by atoms with Gasteiger partial charge in [-0.3, -0.25) is 9.59 Å². The van der Waals surface area contributed by atoms with E-state index in [2.05, 4.69) is 5.32 Å². The first kappa shape index (κ1) is 14.8. The summed E-state index contributed by atoms with van der Waals surface area (Å²) in [6, 6.07) is 8.73. The van der Waals surface area contributed by atoms with E-state index in [9.17, 15) is 14.7 Å². The number of rotatable bonds is 4. The Kier molecular flexibility index (Phi) is 4.39. The van der Waals surface area contributed by atoms with Crippen molar-refractivity contribution in [1.29, 1.82) is 0 Å². The van der Waals surface area contributed by atoms with Gasteiger partial charge in [0.05, 0.1) is 11.7 Å². The van der Waals surface area contributed by atoms with Crippen LogP contribution in [0.1, 0.15) is 5.56 Å². The number of aryl methyl sites for hydroxylation is 1. The number of nitrogens with zero attached hydrogens (tertiary/aromatic N) is 1. The molecule has 1 heterocycles. The summed E-state index contributed by atoms with van der Waals surface area (Å²) in [5, 5.41) is 11.9. The highest BCUT2D eigenvalue weighted by Gasteiger charge is 2.14. The molecule has 1 atom stereocenters. The SMILES string of the molecule is Cn1cc(NC(=O)[C@@H](N)Cc2ccc(O)cc2)ccc1=O. The number of nitrogens with one attached hydrogen (secondary N) is 1. The number of aromatic nitrogens is 1. The van der Waals surface area contributed by atoms with Crippen LogP contribution in [0.2, 0.25) is 0 Å². The minimum absolute atomic E-state index is 0.151. The molecule has 0 saturated carbocycles. The third kappa shape index (κ3) is 3.93. The predicted octanol–water partition coefficient (Wildman–Crippen LogP) is 0.599. The van der Waals surface area contributed by atoms with E-state index in [0.717, 1.165) is 5.56 Å². The van der Waals surface area contributed by atoms with Crippen molar-refractivity contribution in [3.63, 3.8) is 0 Å². The fraction of sp³-hybridized carbons (Fsp3) is 0.200. The lowest BCUT2D eigenvalue weighted by atomic mass is 10.1. The van der Waals surface area contributed by atoms with Crippen molar-refractivity contribution < 1.29 is 9.90 Å². The number of phenolic OH excluding ortho intramolecular Hbond substituents is 1. The molecule has 0 fully saturated rings. The highest BCUT2D eigenvalue weighted by atomic mass is 16.3. The highest BCUT2D eigenvalue weighted by Crippen LogP contribution is 2.11. The third-order valence-electron chi connectivity index (χ3n) is 3.08. The second kappa shape index (κ2) is 6.23. The lowest BCUT2D eigenvalue weighted by Gasteiger charge is -2.13. The van der Waals surface area contributed by atoms with Crippen molar-refractivity contribution in [1.82, 2.24) is 4.57 Å². The smallest absolute Gasteiger partial charge is 0.250 e. The van der Waals surface area contributed by atoms with Crippen LogP contribution < -0.4 is 16.6 Å². The first-order valence-electron chi connectivity index (χ1n) is 6.47. The van der Waals surface area contributed by atoms with E-state index in [1.54, 1.807) is 31.3 Å². The number of hydrogen-bond donors (Lipinski definition) is 3. The lowest BCUT2D eigenvalue weighted by Crippen LogP contribution is -2.37. The predicted molar refractivity (Wildman–Crippen MR) is 80.1 cm³/mol. The summed E-state index contributed by atoms with van der Waals surface area (Å²) in [5.41, 5.74) is 7.08. The minimum Gasteiger partial charge on any atom is -0.508 e. The van der Waals surface area contributed by atoms with E-state index in [-0.39, 0.29) is 17.2 Å². The summed E-state index contributed by atoms with van der Waals surface area (Å²) in [7, 11) is 1.61. The Balaban J connectivity index is 2.00. The van der Waals surface area contributed by atoms with Gasteiger partial charge >= 0.3 is 0 Å². The minimum atomic E-state index is -0.716. The van der Waals surface area contributed by atoms with E-state index in [1.165, 1.54) is 22.9 Å². The van der Waals surface area contributed by atoms with Crippen LogP contribution in [-0.2, 0) is 18.3 Å². The van der Waals surface area contributed by atoms with Crippen molar-refractivity contribution in [3.05, 3.63) is 58.5 Å². The number of carbonyl (C=O) groups is 1. The molecule has 0 unspecified atom stereocenters. The Hall–Kier alpha value is -2.60. The van der Waals surface area contributed by atoms with E-state index < -0.39 is 6.04 Å². The summed E-state index contributed by atoms with van der Waals surface area (Å²) >= 11 is 0. The Morgan fingerprint density at radius 3 is 2.57 bits per heavy atom. The number of benzene rings is 1. The standard InChI is InChI=1S/C15H17N3O3/c1-18-9-11(4-7-14(18)20)17-15(21)13(16)8-10-2-5-12(19)6-3-10/h2-7,9,13,19H,8,16H2,1H3,(H,17,21)/t13-/m0/s1. The van der Waals surface area contributed by atoms with E-state index >= 15 is 0 Å². The van der Waals surface area contributed by atoms with Crippen LogP contribution in [0.5, 0.6) is 5.75 Å². The quantitative estimate of drug-likeness (QED) is 0.767. The van der Waals surface area contributed by atoms with Crippen LogP contribution in [0.25, 0.3) is 0 Å². The van der Waals surface area contributed by atoms with E-state index in [0.29, 0.717) is 12.1 Å².